The summed E-state index contributed by atoms with van der Waals surface area (Å²) in [6.07, 6.45) is 10.8. The molecule has 2 aromatic heterocycles. The molecule has 8 heteroatoms. The lowest BCUT2D eigenvalue weighted by molar-refractivity contribution is -0.136. The van der Waals surface area contributed by atoms with Gasteiger partial charge in [-0.3, -0.25) is 9.59 Å². The molecule has 3 aliphatic rings. The summed E-state index contributed by atoms with van der Waals surface area (Å²) in [5.41, 5.74) is 7.59. The maximum atomic E-state index is 13.6. The van der Waals surface area contributed by atoms with Crippen molar-refractivity contribution in [1.29, 1.82) is 0 Å². The Morgan fingerprint density at radius 2 is 1.86 bits per heavy atom. The van der Waals surface area contributed by atoms with E-state index in [-0.39, 0.29) is 23.5 Å². The standard InChI is InChI=1S/C27H32N6O2/c34-24-9-4-12-28-33-16-23-26(31-33)25(30-32-29-23)19-6-3-5-17(14-19)13-18-10-11-20(15-18)27(35)22-8-2-1-7-21(22)24/h3,5-6,14,16,18,20-22,28H,1-2,4,7-13,15H2. The van der Waals surface area contributed by atoms with Crippen LogP contribution in [0.3, 0.4) is 0 Å². The first-order chi connectivity index (χ1) is 17.2. The van der Waals surface area contributed by atoms with Gasteiger partial charge < -0.3 is 5.43 Å². The van der Waals surface area contributed by atoms with Gasteiger partial charge in [0, 0.05) is 36.3 Å². The zero-order valence-corrected chi connectivity index (χ0v) is 20.0. The quantitative estimate of drug-likeness (QED) is 0.525. The van der Waals surface area contributed by atoms with Crippen molar-refractivity contribution in [3.8, 4) is 11.3 Å². The van der Waals surface area contributed by atoms with Crippen molar-refractivity contribution in [3.05, 3.63) is 36.0 Å². The smallest absolute Gasteiger partial charge is 0.143 e. The maximum absolute atomic E-state index is 13.6. The minimum atomic E-state index is -0.0923. The zero-order chi connectivity index (χ0) is 23.8. The second-order valence-electron chi connectivity index (χ2n) is 10.6. The fourth-order valence-corrected chi connectivity index (χ4v) is 6.54. The Kier molecular flexibility index (Phi) is 6.04. The Morgan fingerprint density at radius 1 is 0.971 bits per heavy atom. The minimum Gasteiger partial charge on any atom is -0.310 e. The summed E-state index contributed by atoms with van der Waals surface area (Å²) in [7, 11) is 0. The van der Waals surface area contributed by atoms with Gasteiger partial charge in [0.05, 0.1) is 6.20 Å². The van der Waals surface area contributed by atoms with E-state index in [1.807, 2.05) is 12.3 Å². The van der Waals surface area contributed by atoms with Gasteiger partial charge in [-0.1, -0.05) is 31.0 Å². The first-order valence-corrected chi connectivity index (χ1v) is 13.1. The molecular weight excluding hydrogens is 440 g/mol. The van der Waals surface area contributed by atoms with Crippen LogP contribution in [-0.2, 0) is 16.0 Å². The molecule has 3 heterocycles. The number of carbonyl (C=O) groups excluding carboxylic acids is 2. The fourth-order valence-electron chi connectivity index (χ4n) is 6.54. The molecular formula is C27H32N6O2. The molecule has 35 heavy (non-hydrogen) atoms. The number of benzene rings is 1. The second kappa shape index (κ2) is 9.47. The Morgan fingerprint density at radius 3 is 2.77 bits per heavy atom. The molecule has 6 bridgehead atoms. The van der Waals surface area contributed by atoms with Gasteiger partial charge in [0.15, 0.2) is 0 Å². The summed E-state index contributed by atoms with van der Waals surface area (Å²) >= 11 is 0. The highest BCUT2D eigenvalue weighted by molar-refractivity contribution is 5.91. The Bertz CT molecular complexity index is 1250. The van der Waals surface area contributed by atoms with E-state index in [0.29, 0.717) is 47.8 Å². The lowest BCUT2D eigenvalue weighted by atomic mass is 9.71. The van der Waals surface area contributed by atoms with Crippen molar-refractivity contribution < 1.29 is 9.59 Å². The van der Waals surface area contributed by atoms with Gasteiger partial charge in [-0.05, 0) is 67.7 Å². The lowest BCUT2D eigenvalue weighted by Crippen LogP contribution is -2.36. The van der Waals surface area contributed by atoms with Crippen LogP contribution in [0.4, 0.5) is 0 Å². The normalized spacial score (nSPS) is 27.7. The largest absolute Gasteiger partial charge is 0.310 e. The van der Waals surface area contributed by atoms with Crippen molar-refractivity contribution in [2.24, 2.45) is 23.7 Å². The fraction of sp³-hybridized carbons (Fsp3) is 0.556. The van der Waals surface area contributed by atoms with E-state index in [9.17, 15) is 9.59 Å². The SMILES string of the molecule is O=C1CCCNn2cc3nnnc(c3n2)-c2cccc(c2)CC2CCC(C2)C(=O)C2CCCCC12. The number of hydrogen-bond donors (Lipinski definition) is 1. The lowest BCUT2D eigenvalue weighted by Gasteiger charge is -2.31. The Balaban J connectivity index is 1.33. The number of hydrogen-bond acceptors (Lipinski definition) is 7. The highest BCUT2D eigenvalue weighted by atomic mass is 16.1. The van der Waals surface area contributed by atoms with E-state index in [2.05, 4.69) is 44.1 Å². The van der Waals surface area contributed by atoms with E-state index in [0.717, 1.165) is 56.9 Å². The molecule has 2 saturated carbocycles. The third-order valence-corrected chi connectivity index (χ3v) is 8.30. The summed E-state index contributed by atoms with van der Waals surface area (Å²) in [5.74, 6) is 1.07. The Hall–Kier alpha value is -3.16. The van der Waals surface area contributed by atoms with Gasteiger partial charge in [-0.15, -0.1) is 15.3 Å². The number of nitrogens with zero attached hydrogens (tertiary/aromatic N) is 5. The van der Waals surface area contributed by atoms with Crippen LogP contribution in [0.25, 0.3) is 22.3 Å². The molecule has 4 atom stereocenters. The van der Waals surface area contributed by atoms with Crippen LogP contribution in [0.1, 0.15) is 63.4 Å². The molecule has 1 N–H and O–H groups in total. The number of carbonyl (C=O) groups is 2. The molecule has 1 aromatic carbocycles. The summed E-state index contributed by atoms with van der Waals surface area (Å²) in [6.45, 7) is 0.612. The van der Waals surface area contributed by atoms with Gasteiger partial charge in [0.2, 0.25) is 0 Å². The van der Waals surface area contributed by atoms with Crippen LogP contribution in [0, 0.1) is 23.7 Å². The molecule has 2 fully saturated rings. The van der Waals surface area contributed by atoms with E-state index in [1.165, 1.54) is 5.56 Å². The zero-order valence-electron chi connectivity index (χ0n) is 20.0. The topological polar surface area (TPSA) is 103 Å². The average Bonchev–Trinajstić information content (AvgIpc) is 3.52. The number of ketones is 2. The van der Waals surface area contributed by atoms with Crippen molar-refractivity contribution in [1.82, 2.24) is 25.3 Å². The molecule has 1 aliphatic heterocycles. The second-order valence-corrected chi connectivity index (χ2v) is 10.6. The van der Waals surface area contributed by atoms with E-state index < -0.39 is 0 Å². The van der Waals surface area contributed by atoms with Gasteiger partial charge in [0.1, 0.15) is 28.3 Å². The third kappa shape index (κ3) is 4.46. The average molecular weight is 473 g/mol. The molecule has 0 saturated heterocycles. The van der Waals surface area contributed by atoms with E-state index >= 15 is 0 Å². The van der Waals surface area contributed by atoms with Crippen LogP contribution in [0.2, 0.25) is 0 Å². The predicted octanol–water partition coefficient (Wildman–Crippen LogP) is 4.13. The maximum Gasteiger partial charge on any atom is 0.143 e. The van der Waals surface area contributed by atoms with Gasteiger partial charge >= 0.3 is 0 Å². The van der Waals surface area contributed by atoms with Crippen LogP contribution in [0.5, 0.6) is 0 Å². The van der Waals surface area contributed by atoms with Gasteiger partial charge in [-0.2, -0.15) is 4.79 Å². The summed E-state index contributed by atoms with van der Waals surface area (Å²) in [4.78, 5) is 28.4. The summed E-state index contributed by atoms with van der Waals surface area (Å²) in [6, 6.07) is 8.43. The molecule has 0 amide bonds. The molecule has 4 unspecified atom stereocenters. The third-order valence-electron chi connectivity index (χ3n) is 8.30. The molecule has 3 aromatic rings. The van der Waals surface area contributed by atoms with Crippen LogP contribution in [-0.4, -0.2) is 43.4 Å². The van der Waals surface area contributed by atoms with Crippen molar-refractivity contribution in [3.63, 3.8) is 0 Å². The Labute approximate surface area is 204 Å². The molecule has 2 aliphatic carbocycles. The van der Waals surface area contributed by atoms with Gasteiger partial charge in [0.25, 0.3) is 0 Å². The monoisotopic (exact) mass is 472 g/mol. The minimum absolute atomic E-state index is 0.0726. The first kappa shape index (κ1) is 22.3. The number of rotatable bonds is 0. The molecule has 182 valence electrons. The predicted molar refractivity (Wildman–Crippen MR) is 132 cm³/mol. The number of fused-ring (bicyclic) bond motifs is 7. The highest BCUT2D eigenvalue weighted by Gasteiger charge is 2.40. The van der Waals surface area contributed by atoms with E-state index in [4.69, 9.17) is 0 Å². The number of Topliss-reactive ketones (excluding diaryl/α,β-unsaturated/α-hetero) is 2. The molecule has 6 rings (SSSR count). The van der Waals surface area contributed by atoms with Gasteiger partial charge in [-0.25, -0.2) is 0 Å². The summed E-state index contributed by atoms with van der Waals surface area (Å²) in [5, 5.41) is 17.1. The molecule has 0 radical (unpaired) electrons. The van der Waals surface area contributed by atoms with Crippen molar-refractivity contribution in [2.45, 2.75) is 64.2 Å². The van der Waals surface area contributed by atoms with Crippen LogP contribution >= 0.6 is 0 Å². The highest BCUT2D eigenvalue weighted by Crippen LogP contribution is 2.40. The molecule has 8 nitrogen and oxygen atoms in total. The number of nitrogens with one attached hydrogen (secondary N) is 1. The van der Waals surface area contributed by atoms with Crippen LogP contribution < -0.4 is 5.43 Å². The first-order valence-electron chi connectivity index (χ1n) is 13.1. The molecule has 0 spiro atoms. The number of aromatic nitrogens is 5. The van der Waals surface area contributed by atoms with Crippen LogP contribution in [0.15, 0.2) is 30.5 Å². The van der Waals surface area contributed by atoms with Crippen molar-refractivity contribution >= 4 is 22.6 Å². The summed E-state index contributed by atoms with van der Waals surface area (Å²) < 4.78 is 0. The van der Waals surface area contributed by atoms with E-state index in [1.54, 1.807) is 4.79 Å². The van der Waals surface area contributed by atoms with Crippen molar-refractivity contribution in [2.75, 3.05) is 12.0 Å².